The number of unbranched alkanes of at least 4 members (excludes halogenated alkanes) is 4. The van der Waals surface area contributed by atoms with Crippen molar-refractivity contribution in [2.45, 2.75) is 58.5 Å². The van der Waals surface area contributed by atoms with Crippen molar-refractivity contribution in [2.75, 3.05) is 13.2 Å². The van der Waals surface area contributed by atoms with E-state index in [4.69, 9.17) is 9.47 Å². The van der Waals surface area contributed by atoms with Crippen molar-refractivity contribution in [2.24, 2.45) is 0 Å². The first kappa shape index (κ1) is 41.3. The largest absolute Gasteiger partial charge is 1.00 e. The van der Waals surface area contributed by atoms with Crippen LogP contribution in [0.5, 0.6) is 0 Å². The van der Waals surface area contributed by atoms with Crippen molar-refractivity contribution >= 4 is 33.3 Å². The van der Waals surface area contributed by atoms with Crippen LogP contribution in [0.1, 0.15) is 65.2 Å². The molecule has 35 heavy (non-hydrogen) atoms. The van der Waals surface area contributed by atoms with Gasteiger partial charge in [-0.3, -0.25) is 4.79 Å². The van der Waals surface area contributed by atoms with Gasteiger partial charge >= 0.3 is 71.1 Å². The molecule has 196 valence electrons. The topological polar surface area (TPSA) is 125 Å². The first-order valence-corrected chi connectivity index (χ1v) is 11.2. The van der Waals surface area contributed by atoms with Gasteiger partial charge in [-0.25, -0.2) is 4.79 Å². The molecule has 0 rings (SSSR count). The van der Waals surface area contributed by atoms with Crippen LogP contribution in [-0.4, -0.2) is 31.3 Å². The molecule has 0 aromatic rings. The minimum atomic E-state index is -5.29. The Kier molecular flexibility index (Phi) is 32.8. The third kappa shape index (κ3) is 31.2. The summed E-state index contributed by atoms with van der Waals surface area (Å²) in [5.41, 5.74) is 0. The fraction of sp³-hybridized carbons (Fsp3) is 0.478. The predicted octanol–water partition coefficient (Wildman–Crippen LogP) is -2.98. The number of hydrogen-bond donors (Lipinski definition) is 0. The molecule has 1 atom stereocenters. The molecule has 8 nitrogen and oxygen atoms in total. The van der Waals surface area contributed by atoms with Crippen molar-refractivity contribution < 1.29 is 110 Å². The zero-order valence-electron chi connectivity index (χ0n) is 20.4. The molecule has 0 spiro atoms. The summed E-state index contributed by atoms with van der Waals surface area (Å²) in [6.07, 6.45) is 3.37. The van der Waals surface area contributed by atoms with E-state index in [0.717, 1.165) is 25.7 Å². The molecule has 0 radical (unpaired) electrons. The van der Waals surface area contributed by atoms with Crippen molar-refractivity contribution in [3.8, 4) is 59.2 Å². The Morgan fingerprint density at radius 3 is 1.97 bits per heavy atom. The van der Waals surface area contributed by atoms with E-state index in [2.05, 4.69) is 70.7 Å². The van der Waals surface area contributed by atoms with Crippen molar-refractivity contribution in [3.05, 3.63) is 0 Å². The molecule has 0 aliphatic carbocycles. The Balaban J connectivity index is -0.0000000728. The maximum absolute atomic E-state index is 11.9. The summed E-state index contributed by atoms with van der Waals surface area (Å²) in [6.45, 7) is 2.38. The van der Waals surface area contributed by atoms with Gasteiger partial charge in [-0.15, -0.1) is 0 Å². The predicted molar refractivity (Wildman–Crippen MR) is 142 cm³/mol. The van der Waals surface area contributed by atoms with E-state index in [1.807, 2.05) is 0 Å². The van der Waals surface area contributed by atoms with E-state index in [-0.39, 0.29) is 91.9 Å². The Morgan fingerprint density at radius 2 is 1.43 bits per heavy atom. The number of phosphoric ester groups is 1. The Bertz CT molecular complexity index is 1020. The minimum Gasteiger partial charge on any atom is -0.790 e. The molecule has 0 amide bonds. The summed E-state index contributed by atoms with van der Waals surface area (Å²) < 4.78 is 24.6. The van der Waals surface area contributed by atoms with Gasteiger partial charge in [0.15, 0.2) is 6.10 Å². The number of phosphoric acid groups is 1. The van der Waals surface area contributed by atoms with Crippen LogP contribution in [0.2, 0.25) is 0 Å². The third-order valence-electron chi connectivity index (χ3n) is 3.33. The maximum atomic E-state index is 11.9. The molecule has 0 aromatic heterocycles. The van der Waals surface area contributed by atoms with Crippen LogP contribution in [0, 0.1) is 59.2 Å². The second-order valence-electron chi connectivity index (χ2n) is 5.99. The van der Waals surface area contributed by atoms with Crippen molar-refractivity contribution in [1.29, 1.82) is 0 Å². The summed E-state index contributed by atoms with van der Waals surface area (Å²) in [7, 11) is -5.29. The molecule has 0 heterocycles. The zero-order chi connectivity index (χ0) is 24.1. The van der Waals surface area contributed by atoms with Crippen LogP contribution >= 0.6 is 21.3 Å². The molecule has 0 N–H and O–H groups in total. The van der Waals surface area contributed by atoms with Crippen LogP contribution in [0.25, 0.3) is 0 Å². The van der Waals surface area contributed by atoms with E-state index in [1.165, 1.54) is 0 Å². The smallest absolute Gasteiger partial charge is 0.790 e. The second-order valence-corrected chi connectivity index (χ2v) is 7.15. The Hall–Kier alpha value is -0.800. The molecule has 0 fully saturated rings. The van der Waals surface area contributed by atoms with Gasteiger partial charge in [0.05, 0.1) is 14.4 Å². The maximum Gasteiger partial charge on any atom is 1.00 e. The second kappa shape index (κ2) is 27.8. The quantitative estimate of drug-likeness (QED) is 0.0623. The minimum absolute atomic E-state index is 0. The summed E-state index contributed by atoms with van der Waals surface area (Å²) in [6, 6.07) is 0. The molecular weight excluding hydrogens is 513 g/mol. The fourth-order valence-corrected chi connectivity index (χ4v) is 2.29. The van der Waals surface area contributed by atoms with Crippen molar-refractivity contribution in [1.82, 2.24) is 0 Å². The molecule has 0 saturated carbocycles. The molecule has 0 unspecified atom stereocenters. The Labute approximate surface area is 272 Å². The van der Waals surface area contributed by atoms with Gasteiger partial charge in [-0.05, 0) is 60.7 Å². The van der Waals surface area contributed by atoms with Gasteiger partial charge in [-0.2, -0.15) is 13.5 Å². The van der Waals surface area contributed by atoms with Gasteiger partial charge in [0.2, 0.25) is 0 Å². The summed E-state index contributed by atoms with van der Waals surface area (Å²) in [4.78, 5) is 44.9. The number of ether oxygens (including phenoxy) is 2. The monoisotopic (exact) mass is 556 g/mol. The molecule has 0 aliphatic rings. The summed E-state index contributed by atoms with van der Waals surface area (Å²) in [5, 5.41) is 0. The van der Waals surface area contributed by atoms with Crippen LogP contribution in [0.4, 0.5) is 0 Å². The van der Waals surface area contributed by atoms with Crippen LogP contribution in [-0.2, 0) is 28.2 Å². The standard InChI is InChI=1S/C23H25O8P.2Na.H2S.9H2/c1-3-5-7-9-10-11-12-14-15-17-22(24)29-19-21(20-30-32(26,27)28)31-23(25)18-16-13-8-6-4-2;;;;;;;;;;;;/h21H,4,6,8,13,16,18-20H2,1-2H3,(H2,26,27,28);;;1H2;9*1H/q;2*+1;;;;;;;;;;/p-2/t21-;;;;;;;;;;;;/m0............/s1. The number of carbonyl (C=O) groups excluding carboxylic acids is 2. The molecule has 0 aromatic carbocycles. The third-order valence-corrected chi connectivity index (χ3v) is 3.79. The normalized spacial score (nSPS) is 9.14. The number of esters is 2. The van der Waals surface area contributed by atoms with Crippen LogP contribution in [0.3, 0.4) is 0 Å². The van der Waals surface area contributed by atoms with Crippen LogP contribution < -0.4 is 68.9 Å². The van der Waals surface area contributed by atoms with Gasteiger partial charge in [-0.1, -0.05) is 38.5 Å². The average molecular weight is 557 g/mol. The van der Waals surface area contributed by atoms with Gasteiger partial charge in [0.1, 0.15) is 6.61 Å². The molecular formula is C23H43Na2O8PS. The molecule has 0 saturated heterocycles. The van der Waals surface area contributed by atoms with E-state index < -0.39 is 39.1 Å². The van der Waals surface area contributed by atoms with Gasteiger partial charge in [0, 0.05) is 25.2 Å². The first-order valence-electron chi connectivity index (χ1n) is 9.74. The number of hydrogen-bond acceptors (Lipinski definition) is 8. The molecule has 12 heteroatoms. The molecule has 0 bridgehead atoms. The first-order chi connectivity index (χ1) is 15.3. The summed E-state index contributed by atoms with van der Waals surface area (Å²) in [5.74, 6) is 22.0. The zero-order valence-corrected chi connectivity index (χ0v) is 26.3. The van der Waals surface area contributed by atoms with Crippen LogP contribution in [0.15, 0.2) is 0 Å². The van der Waals surface area contributed by atoms with E-state index >= 15 is 0 Å². The fourth-order valence-electron chi connectivity index (χ4n) is 1.95. The Morgan fingerprint density at radius 1 is 0.886 bits per heavy atom. The number of rotatable bonds is 12. The number of carbonyl (C=O) groups is 2. The van der Waals surface area contributed by atoms with E-state index in [0.29, 0.717) is 6.42 Å². The summed E-state index contributed by atoms with van der Waals surface area (Å²) >= 11 is 0. The van der Waals surface area contributed by atoms with E-state index in [1.54, 1.807) is 6.92 Å². The van der Waals surface area contributed by atoms with Crippen molar-refractivity contribution in [3.63, 3.8) is 0 Å². The van der Waals surface area contributed by atoms with Gasteiger partial charge in [0.25, 0.3) is 0 Å². The SMILES string of the molecule is CC#CC#CC#CC#CC#CC(=O)OC[C@@H](COP(=O)([O-])[O-])OC(=O)CCCCCCC.S.[HH].[HH].[HH].[HH].[HH].[HH].[HH].[HH].[HH].[Na+].[Na+]. The van der Waals surface area contributed by atoms with E-state index in [9.17, 15) is 23.9 Å². The van der Waals surface area contributed by atoms with Gasteiger partial charge < -0.3 is 28.3 Å². The molecule has 0 aliphatic heterocycles. The average Bonchev–Trinajstić information content (AvgIpc) is 2.73.